The SMILES string of the molecule is Cc1nnccc1C(=O)Oc1c(F)c(F)c(F)c(F)c1F. The number of carbonyl (C=O) groups is 1. The van der Waals surface area contributed by atoms with E-state index in [1.807, 2.05) is 0 Å². The van der Waals surface area contributed by atoms with E-state index < -0.39 is 40.8 Å². The van der Waals surface area contributed by atoms with Crippen LogP contribution in [0.15, 0.2) is 12.3 Å². The molecule has 0 saturated carbocycles. The first-order valence-corrected chi connectivity index (χ1v) is 5.36. The maximum Gasteiger partial charge on any atom is 0.345 e. The number of hydrogen-bond donors (Lipinski definition) is 0. The van der Waals surface area contributed by atoms with Gasteiger partial charge in [-0.2, -0.15) is 19.0 Å². The minimum absolute atomic E-state index is 0.0615. The molecule has 0 spiro atoms. The molecular weight excluding hydrogens is 299 g/mol. The number of aryl methyl sites for hydroxylation is 1. The zero-order valence-corrected chi connectivity index (χ0v) is 10.3. The van der Waals surface area contributed by atoms with Crippen molar-refractivity contribution in [1.29, 1.82) is 0 Å². The Morgan fingerprint density at radius 1 is 1.00 bits per heavy atom. The smallest absolute Gasteiger partial charge is 0.345 e. The highest BCUT2D eigenvalue weighted by atomic mass is 19.2. The molecule has 0 unspecified atom stereocenters. The monoisotopic (exact) mass is 304 g/mol. The van der Waals surface area contributed by atoms with Gasteiger partial charge in [0.1, 0.15) is 0 Å². The van der Waals surface area contributed by atoms with Crippen molar-refractivity contribution in [1.82, 2.24) is 10.2 Å². The lowest BCUT2D eigenvalue weighted by atomic mass is 10.2. The summed E-state index contributed by atoms with van der Waals surface area (Å²) < 4.78 is 69.7. The summed E-state index contributed by atoms with van der Waals surface area (Å²) >= 11 is 0. The van der Waals surface area contributed by atoms with Crippen LogP contribution in [0.3, 0.4) is 0 Å². The Morgan fingerprint density at radius 2 is 1.52 bits per heavy atom. The van der Waals surface area contributed by atoms with Crippen LogP contribution in [0.4, 0.5) is 22.0 Å². The van der Waals surface area contributed by atoms with Gasteiger partial charge in [0.25, 0.3) is 0 Å². The molecule has 0 saturated heterocycles. The van der Waals surface area contributed by atoms with Gasteiger partial charge in [0, 0.05) is 0 Å². The van der Waals surface area contributed by atoms with Crippen molar-refractivity contribution < 1.29 is 31.5 Å². The number of aromatic nitrogens is 2. The highest BCUT2D eigenvalue weighted by Gasteiger charge is 2.29. The number of nitrogens with zero attached hydrogens (tertiary/aromatic N) is 2. The summed E-state index contributed by atoms with van der Waals surface area (Å²) in [5, 5.41) is 6.92. The highest BCUT2D eigenvalue weighted by Crippen LogP contribution is 2.29. The maximum absolute atomic E-state index is 13.4. The van der Waals surface area contributed by atoms with Crippen molar-refractivity contribution in [3.8, 4) is 5.75 Å². The Bertz CT molecular complexity index is 707. The van der Waals surface area contributed by atoms with E-state index in [1.54, 1.807) is 0 Å². The minimum atomic E-state index is -2.34. The molecule has 4 nitrogen and oxygen atoms in total. The van der Waals surface area contributed by atoms with Gasteiger partial charge in [-0.1, -0.05) is 0 Å². The Balaban J connectivity index is 2.46. The first-order chi connectivity index (χ1) is 9.84. The largest absolute Gasteiger partial charge is 0.416 e. The van der Waals surface area contributed by atoms with Gasteiger partial charge in [-0.15, -0.1) is 0 Å². The molecule has 1 heterocycles. The number of rotatable bonds is 2. The van der Waals surface area contributed by atoms with Crippen molar-refractivity contribution in [2.45, 2.75) is 6.92 Å². The van der Waals surface area contributed by atoms with Gasteiger partial charge >= 0.3 is 5.97 Å². The zero-order chi connectivity index (χ0) is 15.7. The third-order valence-corrected chi connectivity index (χ3v) is 2.49. The van der Waals surface area contributed by atoms with Crippen LogP contribution >= 0.6 is 0 Å². The number of benzene rings is 1. The summed E-state index contributed by atoms with van der Waals surface area (Å²) in [5.74, 6) is -14.2. The first-order valence-electron chi connectivity index (χ1n) is 5.36. The lowest BCUT2D eigenvalue weighted by Crippen LogP contribution is -2.15. The number of halogens is 5. The lowest BCUT2D eigenvalue weighted by Gasteiger charge is -2.09. The number of ether oxygens (including phenoxy) is 1. The van der Waals surface area contributed by atoms with E-state index in [2.05, 4.69) is 14.9 Å². The molecule has 0 aliphatic rings. The molecule has 21 heavy (non-hydrogen) atoms. The molecule has 0 atom stereocenters. The van der Waals surface area contributed by atoms with Crippen molar-refractivity contribution in [3.63, 3.8) is 0 Å². The van der Waals surface area contributed by atoms with Crippen LogP contribution in [0.5, 0.6) is 5.75 Å². The zero-order valence-electron chi connectivity index (χ0n) is 10.3. The molecule has 9 heteroatoms. The lowest BCUT2D eigenvalue weighted by molar-refractivity contribution is 0.0714. The fourth-order valence-corrected chi connectivity index (χ4v) is 1.44. The van der Waals surface area contributed by atoms with Crippen molar-refractivity contribution in [2.24, 2.45) is 0 Å². The summed E-state index contributed by atoms with van der Waals surface area (Å²) in [7, 11) is 0. The summed E-state index contributed by atoms with van der Waals surface area (Å²) in [4.78, 5) is 11.7. The second-order valence-electron chi connectivity index (χ2n) is 3.82. The predicted molar refractivity (Wildman–Crippen MR) is 58.0 cm³/mol. The Morgan fingerprint density at radius 3 is 2.05 bits per heavy atom. The molecule has 2 aromatic rings. The van der Waals surface area contributed by atoms with E-state index in [9.17, 15) is 26.7 Å². The Kier molecular flexibility index (Phi) is 3.83. The van der Waals surface area contributed by atoms with Crippen LogP contribution in [0.25, 0.3) is 0 Å². The van der Waals surface area contributed by atoms with Crippen LogP contribution in [0, 0.1) is 36.0 Å². The average Bonchev–Trinajstić information content (AvgIpc) is 2.48. The van der Waals surface area contributed by atoms with Gasteiger partial charge in [-0.05, 0) is 13.0 Å². The topological polar surface area (TPSA) is 52.1 Å². The van der Waals surface area contributed by atoms with Gasteiger partial charge < -0.3 is 4.74 Å². The van der Waals surface area contributed by atoms with Crippen molar-refractivity contribution in [2.75, 3.05) is 0 Å². The second kappa shape index (κ2) is 5.43. The Hall–Kier alpha value is -2.58. The normalized spacial score (nSPS) is 10.6. The van der Waals surface area contributed by atoms with Crippen molar-refractivity contribution in [3.05, 3.63) is 52.6 Å². The van der Waals surface area contributed by atoms with Crippen LogP contribution in [0.2, 0.25) is 0 Å². The first kappa shape index (κ1) is 14.8. The molecule has 0 bridgehead atoms. The third kappa shape index (κ3) is 2.54. The van der Waals surface area contributed by atoms with Crippen molar-refractivity contribution >= 4 is 5.97 Å². The maximum atomic E-state index is 13.4. The molecule has 2 rings (SSSR count). The third-order valence-electron chi connectivity index (χ3n) is 2.49. The molecule has 1 aromatic heterocycles. The molecule has 110 valence electrons. The summed E-state index contributed by atoms with van der Waals surface area (Å²) in [6, 6.07) is 1.12. The van der Waals surface area contributed by atoms with E-state index in [0.717, 1.165) is 12.3 Å². The molecule has 0 fully saturated rings. The standard InChI is InChI=1S/C12H5F5N2O2/c1-4-5(2-3-18-19-4)12(20)21-11-9(16)7(14)6(13)8(15)10(11)17/h2-3H,1H3. The van der Waals surface area contributed by atoms with E-state index >= 15 is 0 Å². The van der Waals surface area contributed by atoms with Gasteiger partial charge in [-0.25, -0.2) is 18.0 Å². The van der Waals surface area contributed by atoms with Crippen LogP contribution in [0.1, 0.15) is 16.1 Å². The van der Waals surface area contributed by atoms with Gasteiger partial charge in [0.15, 0.2) is 0 Å². The second-order valence-corrected chi connectivity index (χ2v) is 3.82. The molecule has 0 radical (unpaired) electrons. The van der Waals surface area contributed by atoms with E-state index in [1.165, 1.54) is 6.92 Å². The molecular formula is C12H5F5N2O2. The fraction of sp³-hybridized carbons (Fsp3) is 0.0833. The summed E-state index contributed by atoms with van der Waals surface area (Å²) in [6.07, 6.45) is 1.10. The van der Waals surface area contributed by atoms with Gasteiger partial charge in [0.2, 0.25) is 34.8 Å². The van der Waals surface area contributed by atoms with E-state index in [0.29, 0.717) is 0 Å². The van der Waals surface area contributed by atoms with E-state index in [-0.39, 0.29) is 11.3 Å². The van der Waals surface area contributed by atoms with Gasteiger partial charge in [0.05, 0.1) is 17.5 Å². The number of carbonyl (C=O) groups excluding carboxylic acids is 1. The molecule has 0 aliphatic heterocycles. The van der Waals surface area contributed by atoms with Gasteiger partial charge in [-0.3, -0.25) is 0 Å². The van der Waals surface area contributed by atoms with Crippen LogP contribution in [-0.2, 0) is 0 Å². The van der Waals surface area contributed by atoms with Crippen LogP contribution in [-0.4, -0.2) is 16.2 Å². The molecule has 0 amide bonds. The summed E-state index contributed by atoms with van der Waals surface area (Å²) in [6.45, 7) is 1.35. The summed E-state index contributed by atoms with van der Waals surface area (Å²) in [5.41, 5.74) is -0.166. The molecule has 0 N–H and O–H groups in total. The minimum Gasteiger partial charge on any atom is -0.416 e. The van der Waals surface area contributed by atoms with Crippen LogP contribution < -0.4 is 4.74 Å². The highest BCUT2D eigenvalue weighted by molar-refractivity contribution is 5.92. The number of esters is 1. The Labute approximate surface area is 114 Å². The number of hydrogen-bond acceptors (Lipinski definition) is 4. The molecule has 1 aromatic carbocycles. The fourth-order valence-electron chi connectivity index (χ4n) is 1.44. The predicted octanol–water partition coefficient (Wildman–Crippen LogP) is 2.70. The quantitative estimate of drug-likeness (QED) is 0.281. The molecule has 0 aliphatic carbocycles. The van der Waals surface area contributed by atoms with E-state index in [4.69, 9.17) is 0 Å². The average molecular weight is 304 g/mol.